The third-order valence-corrected chi connectivity index (χ3v) is 4.49. The van der Waals surface area contributed by atoms with Crippen LogP contribution in [-0.4, -0.2) is 47.7 Å². The summed E-state index contributed by atoms with van der Waals surface area (Å²) in [6.45, 7) is 7.40. The Morgan fingerprint density at radius 1 is 1.32 bits per heavy atom. The first-order valence-corrected chi connectivity index (χ1v) is 8.88. The second-order valence-electron chi connectivity index (χ2n) is 6.95. The number of benzene rings is 1. The highest BCUT2D eigenvalue weighted by molar-refractivity contribution is 5.75. The van der Waals surface area contributed by atoms with Crippen LogP contribution in [0.15, 0.2) is 24.3 Å². The number of nitrogens with zero attached hydrogens (tertiary/aromatic N) is 1. The number of aliphatic carboxylic acids is 1. The van der Waals surface area contributed by atoms with Gasteiger partial charge in [-0.05, 0) is 50.3 Å². The molecule has 1 saturated heterocycles. The van der Waals surface area contributed by atoms with Gasteiger partial charge in [0.25, 0.3) is 0 Å². The van der Waals surface area contributed by atoms with Crippen LogP contribution >= 0.6 is 0 Å². The molecule has 2 unspecified atom stereocenters. The molecule has 25 heavy (non-hydrogen) atoms. The van der Waals surface area contributed by atoms with Crippen LogP contribution in [0, 0.1) is 11.8 Å². The van der Waals surface area contributed by atoms with Gasteiger partial charge in [-0.25, -0.2) is 4.79 Å². The van der Waals surface area contributed by atoms with Crippen molar-refractivity contribution in [2.45, 2.75) is 39.7 Å². The van der Waals surface area contributed by atoms with Gasteiger partial charge in [0.05, 0.1) is 12.0 Å². The Kier molecular flexibility index (Phi) is 6.67. The number of likely N-dealkylation sites (tertiary alicyclic amines) is 1. The lowest BCUT2D eigenvalue weighted by molar-refractivity contribution is -0.145. The van der Waals surface area contributed by atoms with Crippen molar-refractivity contribution in [1.29, 1.82) is 0 Å². The zero-order valence-corrected chi connectivity index (χ0v) is 15.2. The third kappa shape index (κ3) is 5.66. The molecule has 0 radical (unpaired) electrons. The molecule has 2 amide bonds. The SMILES string of the molecule is CC(C)Oc1ccc(CCNC(=O)N2CCC(C(=O)O)C(C)C2)cc1. The fourth-order valence-electron chi connectivity index (χ4n) is 3.13. The molecule has 1 aromatic carbocycles. The highest BCUT2D eigenvalue weighted by Crippen LogP contribution is 2.23. The van der Waals surface area contributed by atoms with Gasteiger partial charge < -0.3 is 20.1 Å². The van der Waals surface area contributed by atoms with Crippen molar-refractivity contribution in [3.05, 3.63) is 29.8 Å². The van der Waals surface area contributed by atoms with Crippen LogP contribution in [0.25, 0.3) is 0 Å². The fraction of sp³-hybridized carbons (Fsp3) is 0.579. The lowest BCUT2D eigenvalue weighted by Gasteiger charge is -2.34. The lowest BCUT2D eigenvalue weighted by atomic mass is 9.87. The van der Waals surface area contributed by atoms with Crippen LogP contribution in [-0.2, 0) is 11.2 Å². The van der Waals surface area contributed by atoms with E-state index in [2.05, 4.69) is 5.32 Å². The Balaban J connectivity index is 1.74. The summed E-state index contributed by atoms with van der Waals surface area (Å²) in [5.74, 6) is -0.295. The smallest absolute Gasteiger partial charge is 0.317 e. The molecule has 1 fully saturated rings. The van der Waals surface area contributed by atoms with Gasteiger partial charge in [0.1, 0.15) is 5.75 Å². The number of rotatable bonds is 6. The molecule has 2 N–H and O–H groups in total. The average molecular weight is 348 g/mol. The minimum Gasteiger partial charge on any atom is -0.491 e. The molecule has 6 nitrogen and oxygen atoms in total. The summed E-state index contributed by atoms with van der Waals surface area (Å²) in [7, 11) is 0. The van der Waals surface area contributed by atoms with Gasteiger partial charge >= 0.3 is 12.0 Å². The van der Waals surface area contributed by atoms with E-state index in [9.17, 15) is 9.59 Å². The number of carbonyl (C=O) groups is 2. The molecule has 6 heteroatoms. The minimum atomic E-state index is -0.766. The van der Waals surface area contributed by atoms with E-state index in [0.29, 0.717) is 26.1 Å². The van der Waals surface area contributed by atoms with Crippen LogP contribution in [0.2, 0.25) is 0 Å². The van der Waals surface area contributed by atoms with Crippen molar-refractivity contribution in [2.24, 2.45) is 11.8 Å². The standard InChI is InChI=1S/C19H28N2O4/c1-13(2)25-16-6-4-15(5-7-16)8-10-20-19(24)21-11-9-17(18(22)23)14(3)12-21/h4-7,13-14,17H,8-12H2,1-3H3,(H,20,24)(H,22,23). The van der Waals surface area contributed by atoms with Crippen LogP contribution in [0.5, 0.6) is 5.75 Å². The van der Waals surface area contributed by atoms with E-state index in [-0.39, 0.29) is 24.0 Å². The molecular weight excluding hydrogens is 320 g/mol. The van der Waals surface area contributed by atoms with Gasteiger partial charge in [0.15, 0.2) is 0 Å². The topological polar surface area (TPSA) is 78.9 Å². The van der Waals surface area contributed by atoms with Gasteiger partial charge in [0.2, 0.25) is 0 Å². The minimum absolute atomic E-state index is 0.0227. The first-order chi connectivity index (χ1) is 11.9. The summed E-state index contributed by atoms with van der Waals surface area (Å²) in [5.41, 5.74) is 1.13. The number of carbonyl (C=O) groups excluding carboxylic acids is 1. The molecule has 0 bridgehead atoms. The number of nitrogens with one attached hydrogen (secondary N) is 1. The summed E-state index contributed by atoms with van der Waals surface area (Å²) in [6, 6.07) is 7.77. The fourth-order valence-corrected chi connectivity index (χ4v) is 3.13. The molecule has 2 atom stereocenters. The predicted octanol–water partition coefficient (Wildman–Crippen LogP) is 2.77. The molecule has 1 aliphatic rings. The van der Waals surface area contributed by atoms with Crippen LogP contribution < -0.4 is 10.1 Å². The largest absolute Gasteiger partial charge is 0.491 e. The van der Waals surface area contributed by atoms with E-state index in [0.717, 1.165) is 17.7 Å². The molecule has 2 rings (SSSR count). The van der Waals surface area contributed by atoms with E-state index in [1.165, 1.54) is 0 Å². The maximum Gasteiger partial charge on any atom is 0.317 e. The lowest BCUT2D eigenvalue weighted by Crippen LogP contribution is -2.49. The quantitative estimate of drug-likeness (QED) is 0.828. The Morgan fingerprint density at radius 2 is 2.00 bits per heavy atom. The molecule has 0 spiro atoms. The van der Waals surface area contributed by atoms with Crippen molar-refractivity contribution in [3.8, 4) is 5.75 Å². The first-order valence-electron chi connectivity index (χ1n) is 8.88. The van der Waals surface area contributed by atoms with E-state index >= 15 is 0 Å². The highest BCUT2D eigenvalue weighted by Gasteiger charge is 2.32. The summed E-state index contributed by atoms with van der Waals surface area (Å²) < 4.78 is 5.61. The van der Waals surface area contributed by atoms with Crippen molar-refractivity contribution < 1.29 is 19.4 Å². The van der Waals surface area contributed by atoms with Gasteiger partial charge in [-0.3, -0.25) is 4.79 Å². The third-order valence-electron chi connectivity index (χ3n) is 4.49. The van der Waals surface area contributed by atoms with E-state index < -0.39 is 5.97 Å². The van der Waals surface area contributed by atoms with Crippen molar-refractivity contribution >= 4 is 12.0 Å². The monoisotopic (exact) mass is 348 g/mol. The number of amides is 2. The number of carboxylic acids is 1. The second-order valence-corrected chi connectivity index (χ2v) is 6.95. The molecule has 0 aliphatic carbocycles. The molecule has 1 heterocycles. The first kappa shape index (κ1) is 19.1. The molecule has 0 aromatic heterocycles. The predicted molar refractivity (Wildman–Crippen MR) is 95.8 cm³/mol. The van der Waals surface area contributed by atoms with E-state index in [1.807, 2.05) is 45.0 Å². The number of urea groups is 1. The van der Waals surface area contributed by atoms with E-state index in [4.69, 9.17) is 9.84 Å². The van der Waals surface area contributed by atoms with Gasteiger partial charge in [0, 0.05) is 19.6 Å². The van der Waals surface area contributed by atoms with Crippen molar-refractivity contribution in [1.82, 2.24) is 10.2 Å². The zero-order chi connectivity index (χ0) is 18.4. The summed E-state index contributed by atoms with van der Waals surface area (Å²) in [4.78, 5) is 25.1. The summed E-state index contributed by atoms with van der Waals surface area (Å²) in [6.07, 6.45) is 1.41. The van der Waals surface area contributed by atoms with Gasteiger partial charge in [-0.1, -0.05) is 19.1 Å². The number of hydrogen-bond acceptors (Lipinski definition) is 3. The molecule has 1 aromatic rings. The van der Waals surface area contributed by atoms with Gasteiger partial charge in [-0.2, -0.15) is 0 Å². The number of piperidine rings is 1. The van der Waals surface area contributed by atoms with Crippen molar-refractivity contribution in [3.63, 3.8) is 0 Å². The Hall–Kier alpha value is -2.24. The molecule has 0 saturated carbocycles. The normalized spacial score (nSPS) is 20.4. The van der Waals surface area contributed by atoms with Crippen LogP contribution in [0.4, 0.5) is 4.79 Å². The Bertz CT molecular complexity index is 586. The Morgan fingerprint density at radius 3 is 2.56 bits per heavy atom. The van der Waals surface area contributed by atoms with Crippen LogP contribution in [0.3, 0.4) is 0 Å². The average Bonchev–Trinajstić information content (AvgIpc) is 2.55. The second kappa shape index (κ2) is 8.74. The number of hydrogen-bond donors (Lipinski definition) is 2. The number of carboxylic acid groups (broad SMARTS) is 1. The van der Waals surface area contributed by atoms with Crippen molar-refractivity contribution in [2.75, 3.05) is 19.6 Å². The van der Waals surface area contributed by atoms with Gasteiger partial charge in [-0.15, -0.1) is 0 Å². The number of ether oxygens (including phenoxy) is 1. The Labute approximate surface area is 149 Å². The summed E-state index contributed by atoms with van der Waals surface area (Å²) >= 11 is 0. The molecule has 1 aliphatic heterocycles. The maximum atomic E-state index is 12.2. The summed E-state index contributed by atoms with van der Waals surface area (Å²) in [5, 5.41) is 12.1. The van der Waals surface area contributed by atoms with E-state index in [1.54, 1.807) is 4.90 Å². The zero-order valence-electron chi connectivity index (χ0n) is 15.2. The molecular formula is C19H28N2O4. The molecule has 138 valence electrons. The maximum absolute atomic E-state index is 12.2. The van der Waals surface area contributed by atoms with Crippen LogP contribution in [0.1, 0.15) is 32.8 Å². The highest BCUT2D eigenvalue weighted by atomic mass is 16.5.